The Morgan fingerprint density at radius 3 is 1.75 bits per heavy atom. The van der Waals surface area contributed by atoms with Crippen LogP contribution in [0, 0.1) is 8.78 Å². The van der Waals surface area contributed by atoms with Crippen molar-refractivity contribution in [3.8, 4) is 11.1 Å². The summed E-state index contributed by atoms with van der Waals surface area (Å²) in [4.78, 5) is 0. The first-order chi connectivity index (χ1) is 7.66. The molecule has 0 aliphatic rings. The molecule has 0 aliphatic heterocycles. The first-order valence-corrected chi connectivity index (χ1v) is 5.77. The SMILES string of the molecule is [O-]N(O)c1ccc(-c2ccc(I)cc2)cc1. The maximum absolute atomic E-state index is 10.6. The quantitative estimate of drug-likeness (QED) is 0.677. The lowest BCUT2D eigenvalue weighted by Gasteiger charge is -2.21. The first kappa shape index (κ1) is 11.4. The zero-order valence-corrected chi connectivity index (χ0v) is 10.5. The van der Waals surface area contributed by atoms with Crippen LogP contribution in [0.15, 0.2) is 48.5 Å². The molecule has 82 valence electrons. The predicted molar refractivity (Wildman–Crippen MR) is 72.2 cm³/mol. The normalized spacial score (nSPS) is 10.2. The van der Waals surface area contributed by atoms with Crippen LogP contribution in [0.4, 0.5) is 5.69 Å². The van der Waals surface area contributed by atoms with E-state index >= 15 is 0 Å². The lowest BCUT2D eigenvalue weighted by atomic mass is 10.1. The van der Waals surface area contributed by atoms with Gasteiger partial charge in [0.15, 0.2) is 0 Å². The summed E-state index contributed by atoms with van der Waals surface area (Å²) in [6.45, 7) is 0. The fourth-order valence-corrected chi connectivity index (χ4v) is 1.78. The molecule has 0 saturated carbocycles. The van der Waals surface area contributed by atoms with Gasteiger partial charge >= 0.3 is 0 Å². The van der Waals surface area contributed by atoms with Crippen LogP contribution in [0.3, 0.4) is 0 Å². The van der Waals surface area contributed by atoms with Crippen LogP contribution in [0.5, 0.6) is 0 Å². The highest BCUT2D eigenvalue weighted by Gasteiger charge is 1.98. The molecule has 4 heteroatoms. The maximum Gasteiger partial charge on any atom is 0.0509 e. The molecule has 0 heterocycles. The second-order valence-corrected chi connectivity index (χ2v) is 4.57. The standard InChI is InChI=1S/C12H9INO2/c13-11-5-1-9(2-6-11)10-3-7-12(8-4-10)14(15)16/h1-8,15H/q-1. The molecule has 0 spiro atoms. The molecule has 0 aromatic heterocycles. The second-order valence-electron chi connectivity index (χ2n) is 3.33. The van der Waals surface area contributed by atoms with Gasteiger partial charge in [0.2, 0.25) is 0 Å². The minimum absolute atomic E-state index is 0.141. The molecule has 0 aliphatic carbocycles. The lowest BCUT2D eigenvalue weighted by Crippen LogP contribution is -2.06. The van der Waals surface area contributed by atoms with E-state index in [1.54, 1.807) is 24.3 Å². The summed E-state index contributed by atoms with van der Waals surface area (Å²) >= 11 is 2.25. The van der Waals surface area contributed by atoms with E-state index in [1.807, 2.05) is 24.3 Å². The van der Waals surface area contributed by atoms with Gasteiger partial charge in [-0.15, -0.1) is 0 Å². The molecule has 1 N–H and O–H groups in total. The Kier molecular flexibility index (Phi) is 3.42. The van der Waals surface area contributed by atoms with Crippen LogP contribution in [-0.2, 0) is 0 Å². The number of rotatable bonds is 2. The zero-order valence-electron chi connectivity index (χ0n) is 8.30. The van der Waals surface area contributed by atoms with E-state index in [1.165, 1.54) is 3.57 Å². The molecular formula is C12H9INO2-. The number of nitrogens with zero attached hydrogens (tertiary/aromatic N) is 1. The Hall–Kier alpha value is -1.11. The van der Waals surface area contributed by atoms with Crippen molar-refractivity contribution < 1.29 is 5.21 Å². The van der Waals surface area contributed by atoms with Crippen LogP contribution in [0.25, 0.3) is 11.1 Å². The van der Waals surface area contributed by atoms with Crippen molar-refractivity contribution >= 4 is 28.3 Å². The average Bonchev–Trinajstić information content (AvgIpc) is 2.30. The molecule has 2 aromatic carbocycles. The van der Waals surface area contributed by atoms with Gasteiger partial charge in [0.25, 0.3) is 0 Å². The smallest absolute Gasteiger partial charge is 0.0509 e. The van der Waals surface area contributed by atoms with Crippen molar-refractivity contribution in [1.82, 2.24) is 0 Å². The van der Waals surface area contributed by atoms with Crippen LogP contribution >= 0.6 is 22.6 Å². The van der Waals surface area contributed by atoms with Gasteiger partial charge < -0.3 is 10.4 Å². The Labute approximate surface area is 107 Å². The Morgan fingerprint density at radius 2 is 1.31 bits per heavy atom. The molecule has 3 nitrogen and oxygen atoms in total. The average molecular weight is 326 g/mol. The topological polar surface area (TPSA) is 46.5 Å². The minimum atomic E-state index is -0.141. The van der Waals surface area contributed by atoms with Crippen molar-refractivity contribution in [3.05, 3.63) is 57.3 Å². The summed E-state index contributed by atoms with van der Waals surface area (Å²) in [7, 11) is 0. The maximum atomic E-state index is 10.6. The minimum Gasteiger partial charge on any atom is -0.733 e. The van der Waals surface area contributed by atoms with Gasteiger partial charge in [-0.25, -0.2) is 0 Å². The Balaban J connectivity index is 2.31. The van der Waals surface area contributed by atoms with Crippen LogP contribution in [0.2, 0.25) is 0 Å². The summed E-state index contributed by atoms with van der Waals surface area (Å²) in [5, 5.41) is 19.2. The summed E-state index contributed by atoms with van der Waals surface area (Å²) in [5.41, 5.74) is 2.33. The van der Waals surface area contributed by atoms with Gasteiger partial charge in [-0.3, -0.25) is 5.21 Å². The van der Waals surface area contributed by atoms with Crippen molar-refractivity contribution in [3.63, 3.8) is 0 Å². The molecule has 0 fully saturated rings. The van der Waals surface area contributed by atoms with E-state index in [9.17, 15) is 5.21 Å². The van der Waals surface area contributed by atoms with Crippen molar-refractivity contribution in [2.24, 2.45) is 0 Å². The number of hydrogen-bond donors (Lipinski definition) is 1. The Bertz CT molecular complexity index is 465. The fraction of sp³-hybridized carbons (Fsp3) is 0. The summed E-state index contributed by atoms with van der Waals surface area (Å²) < 4.78 is 1.18. The van der Waals surface area contributed by atoms with Crippen molar-refractivity contribution in [2.45, 2.75) is 0 Å². The molecule has 0 radical (unpaired) electrons. The van der Waals surface area contributed by atoms with E-state index in [4.69, 9.17) is 5.21 Å². The molecule has 2 aromatic rings. The third-order valence-electron chi connectivity index (χ3n) is 2.27. The van der Waals surface area contributed by atoms with E-state index < -0.39 is 0 Å². The largest absolute Gasteiger partial charge is 0.733 e. The monoisotopic (exact) mass is 326 g/mol. The third kappa shape index (κ3) is 2.52. The van der Waals surface area contributed by atoms with E-state index in [0.717, 1.165) is 11.1 Å². The van der Waals surface area contributed by atoms with Crippen LogP contribution in [-0.4, -0.2) is 5.21 Å². The first-order valence-electron chi connectivity index (χ1n) is 4.69. The zero-order chi connectivity index (χ0) is 11.5. The highest BCUT2D eigenvalue weighted by molar-refractivity contribution is 14.1. The van der Waals surface area contributed by atoms with Gasteiger partial charge in [-0.05, 0) is 58.0 Å². The molecule has 2 rings (SSSR count). The van der Waals surface area contributed by atoms with Gasteiger partial charge in [0.1, 0.15) is 0 Å². The van der Waals surface area contributed by atoms with Crippen molar-refractivity contribution in [2.75, 3.05) is 5.23 Å². The lowest BCUT2D eigenvalue weighted by molar-refractivity contribution is 0.296. The number of halogens is 1. The fourth-order valence-electron chi connectivity index (χ4n) is 1.42. The van der Waals surface area contributed by atoms with Crippen LogP contribution < -0.4 is 5.23 Å². The molecule has 0 amide bonds. The summed E-state index contributed by atoms with van der Waals surface area (Å²) in [6.07, 6.45) is 0. The highest BCUT2D eigenvalue weighted by Crippen LogP contribution is 2.23. The summed E-state index contributed by atoms with van der Waals surface area (Å²) in [5.74, 6) is 0. The number of benzene rings is 2. The van der Waals surface area contributed by atoms with Gasteiger partial charge in [0.05, 0.1) is 5.69 Å². The number of hydrogen-bond acceptors (Lipinski definition) is 3. The molecule has 0 atom stereocenters. The molecule has 16 heavy (non-hydrogen) atoms. The van der Waals surface area contributed by atoms with Gasteiger partial charge in [0, 0.05) is 3.57 Å². The highest BCUT2D eigenvalue weighted by atomic mass is 127. The van der Waals surface area contributed by atoms with Crippen molar-refractivity contribution in [1.29, 1.82) is 0 Å². The molecule has 0 unspecified atom stereocenters. The molecule has 0 saturated heterocycles. The van der Waals surface area contributed by atoms with Crippen LogP contribution in [0.1, 0.15) is 0 Å². The van der Waals surface area contributed by atoms with E-state index in [-0.39, 0.29) is 10.9 Å². The molecule has 0 bridgehead atoms. The van der Waals surface area contributed by atoms with E-state index in [0.29, 0.717) is 0 Å². The number of anilines is 1. The Morgan fingerprint density at radius 1 is 0.875 bits per heavy atom. The van der Waals surface area contributed by atoms with E-state index in [2.05, 4.69) is 22.6 Å². The summed E-state index contributed by atoms with van der Waals surface area (Å²) in [6, 6.07) is 14.9. The third-order valence-corrected chi connectivity index (χ3v) is 2.98. The van der Waals surface area contributed by atoms with Gasteiger partial charge in [-0.1, -0.05) is 24.3 Å². The second kappa shape index (κ2) is 4.82. The molecular weight excluding hydrogens is 317 g/mol. The predicted octanol–water partition coefficient (Wildman–Crippen LogP) is 3.65. The van der Waals surface area contributed by atoms with Gasteiger partial charge in [-0.2, -0.15) is 0 Å².